The molecule has 2 aromatic rings. The number of benzene rings is 2. The van der Waals surface area contributed by atoms with Gasteiger partial charge in [0.15, 0.2) is 6.10 Å². The number of carbonyl (C=O) groups is 2. The van der Waals surface area contributed by atoms with Crippen LogP contribution < -0.4 is 0 Å². The molecule has 6 nitrogen and oxygen atoms in total. The fourth-order valence-corrected chi connectivity index (χ4v) is 11.1. The second kappa shape index (κ2) is 10.7. The van der Waals surface area contributed by atoms with Crippen molar-refractivity contribution >= 4 is 25.8 Å². The van der Waals surface area contributed by atoms with Gasteiger partial charge in [-0.3, -0.25) is 14.5 Å². The van der Waals surface area contributed by atoms with E-state index in [1.54, 1.807) is 0 Å². The van der Waals surface area contributed by atoms with E-state index in [1.165, 1.54) is 12.1 Å². The van der Waals surface area contributed by atoms with Gasteiger partial charge in [-0.2, -0.15) is 18.0 Å². The average molecular weight is 532 g/mol. The summed E-state index contributed by atoms with van der Waals surface area (Å²) in [6, 6.07) is 12.9. The molecule has 37 heavy (non-hydrogen) atoms. The summed E-state index contributed by atoms with van der Waals surface area (Å²) < 4.78 is 46.0. The molecule has 0 bridgehead atoms. The Hall–Kier alpha value is -3.07. The molecular formula is C27H32F3N3O3Si. The number of halogens is 3. The van der Waals surface area contributed by atoms with Crippen LogP contribution in [0.5, 0.6) is 0 Å². The molecule has 1 saturated heterocycles. The quantitative estimate of drug-likeness (QED) is 0.0967. The van der Waals surface area contributed by atoms with Crippen molar-refractivity contribution in [3.05, 3.63) is 76.8 Å². The molecule has 0 radical (unpaired) electrons. The van der Waals surface area contributed by atoms with Crippen molar-refractivity contribution < 1.29 is 32.0 Å². The first-order chi connectivity index (χ1) is 17.3. The van der Waals surface area contributed by atoms with Gasteiger partial charge in [0, 0.05) is 5.56 Å². The lowest BCUT2D eigenvalue weighted by Crippen LogP contribution is -2.66. The minimum Gasteiger partial charge on any atom is -0.402 e. The van der Waals surface area contributed by atoms with E-state index in [1.807, 2.05) is 30.3 Å². The van der Waals surface area contributed by atoms with Crippen molar-refractivity contribution in [3.8, 4) is 0 Å². The monoisotopic (exact) mass is 531 g/mol. The molecule has 1 aliphatic rings. The highest BCUT2D eigenvalue weighted by molar-refractivity contribution is 6.77. The van der Waals surface area contributed by atoms with Crippen LogP contribution in [0.1, 0.15) is 69.1 Å². The van der Waals surface area contributed by atoms with Crippen LogP contribution in [0.2, 0.25) is 16.6 Å². The van der Waals surface area contributed by atoms with Gasteiger partial charge in [-0.1, -0.05) is 71.9 Å². The number of rotatable bonds is 8. The zero-order valence-electron chi connectivity index (χ0n) is 21.8. The molecular weight excluding hydrogens is 499 g/mol. The molecule has 198 valence electrons. The molecule has 0 N–H and O–H groups in total. The standard InChI is InChI=1S/C27H32F3N3O3Si/c1-16(2)37(17(3)4,18(5)6)36-23-22(19-10-8-7-9-11-19)33(26(23)35)25(34)21-14-12-20(13-15-21)24(32-31)27(28,29)30/h7-18,22-23H,1-6H3/t22-,23+/m0/s1. The first-order valence-corrected chi connectivity index (χ1v) is 14.4. The normalized spacial score (nSPS) is 18.3. The number of likely N-dealkylation sites (tertiary alicyclic amines) is 1. The third kappa shape index (κ3) is 5.19. The third-order valence-corrected chi connectivity index (χ3v) is 13.3. The topological polar surface area (TPSA) is 83.0 Å². The number of nitrogens with zero attached hydrogens (tertiary/aromatic N) is 3. The van der Waals surface area contributed by atoms with E-state index in [2.05, 4.69) is 46.3 Å². The fourth-order valence-electron chi connectivity index (χ4n) is 5.59. The van der Waals surface area contributed by atoms with Gasteiger partial charge in [-0.05, 0) is 46.5 Å². The van der Waals surface area contributed by atoms with E-state index in [0.29, 0.717) is 0 Å². The summed E-state index contributed by atoms with van der Waals surface area (Å²) in [5.41, 5.74) is 8.39. The van der Waals surface area contributed by atoms with Crippen molar-refractivity contribution in [1.82, 2.24) is 4.90 Å². The highest BCUT2D eigenvalue weighted by Crippen LogP contribution is 2.48. The van der Waals surface area contributed by atoms with Crippen molar-refractivity contribution in [2.45, 2.75) is 76.5 Å². The van der Waals surface area contributed by atoms with Crippen molar-refractivity contribution in [1.29, 1.82) is 0 Å². The molecule has 10 heteroatoms. The summed E-state index contributed by atoms with van der Waals surface area (Å²) in [6.45, 7) is 12.7. The lowest BCUT2D eigenvalue weighted by molar-refractivity contribution is -0.159. The zero-order valence-corrected chi connectivity index (χ0v) is 22.8. The van der Waals surface area contributed by atoms with Gasteiger partial charge >= 0.3 is 11.9 Å². The summed E-state index contributed by atoms with van der Waals surface area (Å²) >= 11 is 0. The van der Waals surface area contributed by atoms with Crippen LogP contribution in [0.4, 0.5) is 13.2 Å². The first-order valence-electron chi connectivity index (χ1n) is 12.3. The Morgan fingerprint density at radius 3 is 1.84 bits per heavy atom. The van der Waals surface area contributed by atoms with Crippen LogP contribution in [-0.2, 0) is 9.22 Å². The molecule has 0 spiro atoms. The van der Waals surface area contributed by atoms with Crippen LogP contribution >= 0.6 is 0 Å². The van der Waals surface area contributed by atoms with Gasteiger partial charge in [0.1, 0.15) is 0 Å². The Morgan fingerprint density at radius 1 is 0.919 bits per heavy atom. The van der Waals surface area contributed by atoms with Crippen LogP contribution in [0.15, 0.2) is 54.6 Å². The second-order valence-electron chi connectivity index (χ2n) is 10.2. The average Bonchev–Trinajstić information content (AvgIpc) is 2.82. The van der Waals surface area contributed by atoms with Gasteiger partial charge in [-0.15, -0.1) is 0 Å². The Morgan fingerprint density at radius 2 is 1.41 bits per heavy atom. The minimum absolute atomic E-state index is 0.0380. The van der Waals surface area contributed by atoms with Gasteiger partial charge in [0.2, 0.25) is 8.32 Å². The van der Waals surface area contributed by atoms with E-state index >= 15 is 0 Å². The molecule has 0 saturated carbocycles. The minimum atomic E-state index is -4.86. The number of alkyl halides is 3. The van der Waals surface area contributed by atoms with Gasteiger partial charge in [0.25, 0.3) is 11.8 Å². The smallest absolute Gasteiger partial charge is 0.402 e. The molecule has 2 atom stereocenters. The lowest BCUT2D eigenvalue weighted by Gasteiger charge is -2.52. The van der Waals surface area contributed by atoms with Crippen LogP contribution in [0.25, 0.3) is 5.53 Å². The number of imide groups is 1. The van der Waals surface area contributed by atoms with Crippen molar-refractivity contribution in [2.75, 3.05) is 0 Å². The Balaban J connectivity index is 1.98. The molecule has 1 heterocycles. The largest absolute Gasteiger partial charge is 0.495 e. The highest BCUT2D eigenvalue weighted by atomic mass is 28.4. The predicted octanol–water partition coefficient (Wildman–Crippen LogP) is 6.55. The van der Waals surface area contributed by atoms with Crippen molar-refractivity contribution in [3.63, 3.8) is 0 Å². The highest BCUT2D eigenvalue weighted by Gasteiger charge is 2.57. The van der Waals surface area contributed by atoms with Gasteiger partial charge in [-0.25, -0.2) is 0 Å². The molecule has 2 aromatic carbocycles. The number of amides is 2. The lowest BCUT2D eigenvalue weighted by atomic mass is 9.90. The molecule has 0 aromatic heterocycles. The number of carbonyl (C=O) groups excluding carboxylic acids is 2. The molecule has 1 aliphatic heterocycles. The van der Waals surface area contributed by atoms with E-state index in [0.717, 1.165) is 22.6 Å². The van der Waals surface area contributed by atoms with Gasteiger partial charge in [0.05, 0.1) is 11.6 Å². The Labute approximate surface area is 216 Å². The number of hydrogen-bond acceptors (Lipinski definition) is 3. The first kappa shape index (κ1) is 28.5. The van der Waals surface area contributed by atoms with E-state index in [4.69, 9.17) is 9.96 Å². The van der Waals surface area contributed by atoms with Crippen LogP contribution in [0.3, 0.4) is 0 Å². The van der Waals surface area contributed by atoms with Crippen LogP contribution in [0, 0.1) is 0 Å². The van der Waals surface area contributed by atoms with E-state index in [-0.39, 0.29) is 22.2 Å². The summed E-state index contributed by atoms with van der Waals surface area (Å²) in [5.74, 6) is -1.10. The number of hydrogen-bond donors (Lipinski definition) is 0. The Bertz CT molecular complexity index is 1170. The van der Waals surface area contributed by atoms with E-state index in [9.17, 15) is 22.8 Å². The molecule has 0 aliphatic carbocycles. The molecule has 2 amide bonds. The summed E-state index contributed by atoms with van der Waals surface area (Å²) in [7, 11) is -2.46. The zero-order chi connectivity index (χ0) is 27.7. The van der Waals surface area contributed by atoms with Crippen LogP contribution in [-0.4, -0.2) is 47.8 Å². The summed E-state index contributed by atoms with van der Waals surface area (Å²) in [4.78, 5) is 30.4. The predicted molar refractivity (Wildman–Crippen MR) is 137 cm³/mol. The maximum atomic E-state index is 13.5. The SMILES string of the molecule is CC(C)[Si](O[C@H]1C(=O)N(C(=O)c2ccc(C(=[N+]=[N-])C(F)(F)F)cc2)[C@H]1c1ccccc1)(C(C)C)C(C)C. The van der Waals surface area contributed by atoms with Crippen molar-refractivity contribution in [2.24, 2.45) is 0 Å². The summed E-state index contributed by atoms with van der Waals surface area (Å²) in [6.07, 6.45) is -5.70. The Kier molecular flexibility index (Phi) is 8.26. The summed E-state index contributed by atoms with van der Waals surface area (Å²) in [5, 5.41) is 0. The van der Waals surface area contributed by atoms with Gasteiger partial charge < -0.3 is 9.96 Å². The molecule has 0 unspecified atom stereocenters. The number of β-lactam (4-membered cyclic amide) rings is 1. The second-order valence-corrected chi connectivity index (χ2v) is 15.7. The third-order valence-electron chi connectivity index (χ3n) is 7.22. The maximum absolute atomic E-state index is 13.5. The van der Waals surface area contributed by atoms with E-state index < -0.39 is 49.7 Å². The maximum Gasteiger partial charge on any atom is 0.495 e. The molecule has 3 rings (SSSR count). The fraction of sp³-hybridized carbons (Fsp3) is 0.444. The molecule has 1 fully saturated rings.